The van der Waals surface area contributed by atoms with Crippen LogP contribution in [-0.2, 0) is 13.1 Å². The fourth-order valence-corrected chi connectivity index (χ4v) is 3.83. The topological polar surface area (TPSA) is 90.4 Å². The van der Waals surface area contributed by atoms with E-state index in [0.29, 0.717) is 12.4 Å². The molecule has 0 fully saturated rings. The van der Waals surface area contributed by atoms with Crippen LogP contribution < -0.4 is 4.90 Å². The summed E-state index contributed by atoms with van der Waals surface area (Å²) in [7, 11) is 0. The van der Waals surface area contributed by atoms with E-state index in [0.717, 1.165) is 46.1 Å². The Balaban J connectivity index is 1.40. The van der Waals surface area contributed by atoms with Crippen molar-refractivity contribution in [3.05, 3.63) is 58.2 Å². The number of benzene rings is 1. The van der Waals surface area contributed by atoms with E-state index in [1.54, 1.807) is 17.2 Å². The van der Waals surface area contributed by atoms with Gasteiger partial charge in [-0.05, 0) is 64.6 Å². The molecule has 4 heterocycles. The van der Waals surface area contributed by atoms with Crippen LogP contribution >= 0.6 is 22.6 Å². The molecule has 0 amide bonds. The molecule has 5 rings (SSSR count). The van der Waals surface area contributed by atoms with E-state index in [9.17, 15) is 0 Å². The van der Waals surface area contributed by atoms with Crippen molar-refractivity contribution in [2.24, 2.45) is 0 Å². The lowest BCUT2D eigenvalue weighted by Crippen LogP contribution is -2.32. The Morgan fingerprint density at radius 1 is 1.00 bits per heavy atom. The largest absolute Gasteiger partial charge is 0.333 e. The van der Waals surface area contributed by atoms with Crippen LogP contribution in [0.1, 0.15) is 12.2 Å². The minimum Gasteiger partial charge on any atom is -0.333 e. The molecular formula is C18H16IN9. The average molecular weight is 485 g/mol. The van der Waals surface area contributed by atoms with Gasteiger partial charge in [0.15, 0.2) is 11.6 Å². The van der Waals surface area contributed by atoms with E-state index in [4.69, 9.17) is 0 Å². The molecule has 0 atom stereocenters. The number of nitrogens with zero attached hydrogens (tertiary/aromatic N) is 9. The second kappa shape index (κ2) is 7.26. The van der Waals surface area contributed by atoms with E-state index < -0.39 is 0 Å². The Hall–Kier alpha value is -2.89. The van der Waals surface area contributed by atoms with Crippen molar-refractivity contribution in [2.75, 3.05) is 11.4 Å². The Kier molecular flexibility index (Phi) is 4.47. The monoisotopic (exact) mass is 485 g/mol. The molecular weight excluding hydrogens is 469 g/mol. The van der Waals surface area contributed by atoms with Crippen molar-refractivity contribution in [3.8, 4) is 17.1 Å². The molecule has 9 nitrogen and oxygen atoms in total. The van der Waals surface area contributed by atoms with E-state index in [-0.39, 0.29) is 0 Å². The predicted molar refractivity (Wildman–Crippen MR) is 111 cm³/mol. The maximum atomic E-state index is 4.54. The van der Waals surface area contributed by atoms with Crippen LogP contribution in [0.15, 0.2) is 48.8 Å². The van der Waals surface area contributed by atoms with Crippen LogP contribution in [0.3, 0.4) is 0 Å². The molecule has 0 saturated heterocycles. The Bertz CT molecular complexity index is 1110. The highest BCUT2D eigenvalue weighted by Crippen LogP contribution is 2.26. The van der Waals surface area contributed by atoms with Crippen molar-refractivity contribution in [2.45, 2.75) is 19.5 Å². The number of pyridine rings is 1. The first-order chi connectivity index (χ1) is 13.8. The summed E-state index contributed by atoms with van der Waals surface area (Å²) in [5.41, 5.74) is 1.91. The molecule has 3 aromatic heterocycles. The van der Waals surface area contributed by atoms with Crippen molar-refractivity contribution in [3.63, 3.8) is 0 Å². The number of halogens is 1. The second-order valence-electron chi connectivity index (χ2n) is 6.46. The Labute approximate surface area is 174 Å². The molecule has 1 aliphatic heterocycles. The van der Waals surface area contributed by atoms with Crippen LogP contribution in [0.2, 0.25) is 0 Å². The van der Waals surface area contributed by atoms with Gasteiger partial charge < -0.3 is 4.90 Å². The quantitative estimate of drug-likeness (QED) is 0.410. The Morgan fingerprint density at radius 3 is 2.75 bits per heavy atom. The molecule has 0 spiro atoms. The minimum atomic E-state index is 0.540. The summed E-state index contributed by atoms with van der Waals surface area (Å²) in [5, 5.41) is 21.8. The van der Waals surface area contributed by atoms with Gasteiger partial charge in [0.1, 0.15) is 0 Å². The minimum absolute atomic E-state index is 0.540. The maximum absolute atomic E-state index is 4.54. The summed E-state index contributed by atoms with van der Waals surface area (Å²) in [6, 6.07) is 11.9. The molecule has 0 N–H and O–H groups in total. The SMILES string of the molecule is Ic1cccc(-n2nnc(CN3CCCn4c(-c5ccncc5)nnc43)n2)c1. The van der Waals surface area contributed by atoms with E-state index in [2.05, 4.69) is 62.6 Å². The summed E-state index contributed by atoms with van der Waals surface area (Å²) in [4.78, 5) is 7.79. The van der Waals surface area contributed by atoms with Crippen molar-refractivity contribution < 1.29 is 0 Å². The molecule has 10 heteroatoms. The highest BCUT2D eigenvalue weighted by Gasteiger charge is 2.24. The zero-order valence-electron chi connectivity index (χ0n) is 14.9. The number of tetrazole rings is 1. The van der Waals surface area contributed by atoms with Crippen molar-refractivity contribution in [1.82, 2.24) is 40.0 Å². The van der Waals surface area contributed by atoms with E-state index >= 15 is 0 Å². The third kappa shape index (κ3) is 3.23. The number of hydrogen-bond donors (Lipinski definition) is 0. The van der Waals surface area contributed by atoms with Gasteiger partial charge in [0.2, 0.25) is 5.95 Å². The van der Waals surface area contributed by atoms with Crippen LogP contribution in [0, 0.1) is 3.57 Å². The third-order valence-corrected chi connectivity index (χ3v) is 5.26. The van der Waals surface area contributed by atoms with Gasteiger partial charge in [0.05, 0.1) is 12.2 Å². The summed E-state index contributed by atoms with van der Waals surface area (Å²) >= 11 is 2.27. The molecule has 0 bridgehead atoms. The smallest absolute Gasteiger partial charge is 0.227 e. The molecule has 0 saturated carbocycles. The first-order valence-electron chi connectivity index (χ1n) is 8.91. The fourth-order valence-electron chi connectivity index (χ4n) is 3.31. The molecule has 1 aliphatic rings. The normalized spacial score (nSPS) is 13.5. The summed E-state index contributed by atoms with van der Waals surface area (Å²) in [6.07, 6.45) is 4.54. The molecule has 1 aromatic carbocycles. The number of aromatic nitrogens is 8. The van der Waals surface area contributed by atoms with Gasteiger partial charge in [-0.2, -0.15) is 0 Å². The molecule has 0 unspecified atom stereocenters. The zero-order chi connectivity index (χ0) is 18.9. The van der Waals surface area contributed by atoms with Gasteiger partial charge in [0.25, 0.3) is 0 Å². The molecule has 0 radical (unpaired) electrons. The van der Waals surface area contributed by atoms with Crippen LogP contribution in [-0.4, -0.2) is 46.5 Å². The van der Waals surface area contributed by atoms with Gasteiger partial charge in [-0.25, -0.2) is 0 Å². The van der Waals surface area contributed by atoms with E-state index in [1.807, 2.05) is 36.4 Å². The zero-order valence-corrected chi connectivity index (χ0v) is 17.0. The predicted octanol–water partition coefficient (Wildman–Crippen LogP) is 2.33. The van der Waals surface area contributed by atoms with E-state index in [1.165, 1.54) is 0 Å². The lowest BCUT2D eigenvalue weighted by molar-refractivity contribution is 0.551. The highest BCUT2D eigenvalue weighted by atomic mass is 127. The second-order valence-corrected chi connectivity index (χ2v) is 7.71. The summed E-state index contributed by atoms with van der Waals surface area (Å²) in [6.45, 7) is 2.31. The van der Waals surface area contributed by atoms with Crippen LogP contribution in [0.5, 0.6) is 0 Å². The van der Waals surface area contributed by atoms with Crippen LogP contribution in [0.25, 0.3) is 17.1 Å². The van der Waals surface area contributed by atoms with Gasteiger partial charge in [-0.3, -0.25) is 9.55 Å². The maximum Gasteiger partial charge on any atom is 0.227 e. The fraction of sp³-hybridized carbons (Fsp3) is 0.222. The van der Waals surface area contributed by atoms with Gasteiger partial charge >= 0.3 is 0 Å². The van der Waals surface area contributed by atoms with Gasteiger partial charge in [-0.1, -0.05) is 6.07 Å². The standard InChI is InChI=1S/C18H16IN9/c19-14-3-1-4-15(11-14)28-24-16(21-25-28)12-26-9-2-10-27-17(22-23-18(26)27)13-5-7-20-8-6-13/h1,3-8,11H,2,9-10,12H2. The lowest BCUT2D eigenvalue weighted by atomic mass is 10.2. The van der Waals surface area contributed by atoms with Gasteiger partial charge in [0, 0.05) is 34.6 Å². The molecule has 4 aromatic rings. The summed E-state index contributed by atoms with van der Waals surface area (Å²) in [5.74, 6) is 2.35. The number of anilines is 1. The number of fused-ring (bicyclic) bond motifs is 1. The third-order valence-electron chi connectivity index (χ3n) is 4.59. The van der Waals surface area contributed by atoms with Gasteiger partial charge in [-0.15, -0.1) is 25.2 Å². The molecule has 28 heavy (non-hydrogen) atoms. The average Bonchev–Trinajstić information content (AvgIpc) is 3.36. The Morgan fingerprint density at radius 2 is 1.89 bits per heavy atom. The lowest BCUT2D eigenvalue weighted by Gasteiger charge is -2.27. The molecule has 140 valence electrons. The van der Waals surface area contributed by atoms with Crippen molar-refractivity contribution in [1.29, 1.82) is 0 Å². The summed E-state index contributed by atoms with van der Waals surface area (Å²) < 4.78 is 3.27. The van der Waals surface area contributed by atoms with Crippen molar-refractivity contribution >= 4 is 28.5 Å². The first-order valence-corrected chi connectivity index (χ1v) is 9.99. The van der Waals surface area contributed by atoms with Crippen LogP contribution in [0.4, 0.5) is 5.95 Å². The number of hydrogen-bond acceptors (Lipinski definition) is 7. The molecule has 0 aliphatic carbocycles. The highest BCUT2D eigenvalue weighted by molar-refractivity contribution is 14.1. The number of rotatable bonds is 4. The first kappa shape index (κ1) is 17.2.